The minimum absolute atomic E-state index is 0.0407. The Bertz CT molecular complexity index is 527. The number of hydrogen-bond acceptors (Lipinski definition) is 4. The third kappa shape index (κ3) is 5.30. The van der Waals surface area contributed by atoms with Gasteiger partial charge < -0.3 is 4.74 Å². The minimum atomic E-state index is -4.47. The molecule has 2 aliphatic heterocycles. The van der Waals surface area contributed by atoms with E-state index < -0.39 is 27.9 Å². The van der Waals surface area contributed by atoms with Crippen LogP contribution in [0.4, 0.5) is 13.2 Å². The van der Waals surface area contributed by atoms with Gasteiger partial charge in [-0.05, 0) is 32.2 Å². The van der Waals surface area contributed by atoms with Crippen LogP contribution in [0.5, 0.6) is 0 Å². The van der Waals surface area contributed by atoms with Crippen LogP contribution >= 0.6 is 0 Å². The number of sulfonamides is 1. The molecule has 0 bridgehead atoms. The zero-order chi connectivity index (χ0) is 18.7. The molecule has 0 aromatic rings. The number of hydrogen-bond donors (Lipinski definition) is 0. The van der Waals surface area contributed by atoms with Crippen molar-refractivity contribution in [3.63, 3.8) is 0 Å². The van der Waals surface area contributed by atoms with Gasteiger partial charge in [0.05, 0.1) is 18.3 Å². The van der Waals surface area contributed by atoms with Crippen molar-refractivity contribution in [2.45, 2.75) is 69.0 Å². The second-order valence-corrected chi connectivity index (χ2v) is 9.29. The maximum absolute atomic E-state index is 12.9. The van der Waals surface area contributed by atoms with Crippen LogP contribution < -0.4 is 0 Å². The lowest BCUT2D eigenvalue weighted by Gasteiger charge is -2.51. The molecule has 0 aromatic carbocycles. The van der Waals surface area contributed by atoms with Crippen LogP contribution in [0.3, 0.4) is 0 Å². The quantitative estimate of drug-likeness (QED) is 0.675. The summed E-state index contributed by atoms with van der Waals surface area (Å²) >= 11 is 0. The maximum Gasteiger partial charge on any atom is 0.390 e. The molecule has 0 N–H and O–H groups in total. The monoisotopic (exact) mass is 386 g/mol. The lowest BCUT2D eigenvalue weighted by Crippen LogP contribution is -2.63. The van der Waals surface area contributed by atoms with E-state index in [-0.39, 0.29) is 12.5 Å². The summed E-state index contributed by atoms with van der Waals surface area (Å²) in [7, 11) is -2.32. The lowest BCUT2D eigenvalue weighted by atomic mass is 9.91. The van der Waals surface area contributed by atoms with Gasteiger partial charge >= 0.3 is 6.18 Å². The fourth-order valence-corrected chi connectivity index (χ4v) is 6.05. The normalized spacial score (nSPS) is 27.9. The first-order valence-corrected chi connectivity index (χ1v) is 10.5. The average molecular weight is 386 g/mol. The van der Waals surface area contributed by atoms with Crippen molar-refractivity contribution in [2.24, 2.45) is 0 Å². The molecular formula is C16H29F3N2O3S. The van der Waals surface area contributed by atoms with E-state index in [1.54, 1.807) is 14.0 Å². The summed E-state index contributed by atoms with van der Waals surface area (Å²) in [6.07, 6.45) is -2.93. The second-order valence-electron chi connectivity index (χ2n) is 7.08. The first kappa shape index (κ1) is 20.9. The third-order valence-corrected chi connectivity index (χ3v) is 7.48. The maximum atomic E-state index is 12.9. The van der Waals surface area contributed by atoms with Crippen molar-refractivity contribution in [2.75, 3.05) is 33.4 Å². The van der Waals surface area contributed by atoms with Crippen molar-refractivity contribution in [1.29, 1.82) is 0 Å². The van der Waals surface area contributed by atoms with E-state index in [4.69, 9.17) is 4.74 Å². The van der Waals surface area contributed by atoms with Crippen LogP contribution in [0.1, 0.15) is 45.4 Å². The minimum Gasteiger partial charge on any atom is -0.383 e. The number of methoxy groups -OCH3 is 1. The van der Waals surface area contributed by atoms with Crippen LogP contribution in [-0.2, 0) is 14.8 Å². The van der Waals surface area contributed by atoms with Gasteiger partial charge in [-0.3, -0.25) is 4.90 Å². The Hall–Kier alpha value is -0.380. The molecule has 0 aromatic heterocycles. The van der Waals surface area contributed by atoms with Gasteiger partial charge in [-0.2, -0.15) is 13.2 Å². The number of alkyl halides is 3. The smallest absolute Gasteiger partial charge is 0.383 e. The van der Waals surface area contributed by atoms with Gasteiger partial charge in [-0.25, -0.2) is 12.7 Å². The summed E-state index contributed by atoms with van der Waals surface area (Å²) in [6.45, 7) is 3.83. The van der Waals surface area contributed by atoms with Gasteiger partial charge in [0.15, 0.2) is 0 Å². The molecule has 2 fully saturated rings. The molecule has 25 heavy (non-hydrogen) atoms. The van der Waals surface area contributed by atoms with Crippen LogP contribution in [0.2, 0.25) is 0 Å². The Kier molecular flexibility index (Phi) is 7.15. The summed E-state index contributed by atoms with van der Waals surface area (Å²) in [5, 5.41) is -1.37. The molecule has 2 aliphatic rings. The molecular weight excluding hydrogens is 357 g/mol. The molecule has 2 heterocycles. The molecule has 2 saturated heterocycles. The number of halogens is 3. The summed E-state index contributed by atoms with van der Waals surface area (Å²) in [5.74, 6) is 0. The average Bonchev–Trinajstić information content (AvgIpc) is 2.47. The van der Waals surface area contributed by atoms with Crippen molar-refractivity contribution < 1.29 is 26.3 Å². The highest BCUT2D eigenvalue weighted by Gasteiger charge is 2.45. The molecule has 5 nitrogen and oxygen atoms in total. The van der Waals surface area contributed by atoms with Gasteiger partial charge in [-0.1, -0.05) is 13.3 Å². The molecule has 0 amide bonds. The van der Waals surface area contributed by atoms with Crippen molar-refractivity contribution in [3.8, 4) is 0 Å². The van der Waals surface area contributed by atoms with E-state index in [2.05, 4.69) is 4.90 Å². The SMILES string of the molecule is CCCC(CC(F)(F)F)S(=O)(=O)N1CCCCN2[C@H](COC)C[C@@H]2C1. The van der Waals surface area contributed by atoms with E-state index >= 15 is 0 Å². The highest BCUT2D eigenvalue weighted by Crippen LogP contribution is 2.33. The Labute approximate surface area is 148 Å². The summed E-state index contributed by atoms with van der Waals surface area (Å²) in [4.78, 5) is 2.24. The number of ether oxygens (including phenoxy) is 1. The third-order valence-electron chi connectivity index (χ3n) is 5.18. The van der Waals surface area contributed by atoms with E-state index in [0.717, 1.165) is 19.4 Å². The van der Waals surface area contributed by atoms with Gasteiger partial charge in [0.2, 0.25) is 10.0 Å². The van der Waals surface area contributed by atoms with Crippen molar-refractivity contribution >= 4 is 10.0 Å². The molecule has 2 rings (SSSR count). The van der Waals surface area contributed by atoms with Crippen LogP contribution in [0, 0.1) is 0 Å². The van der Waals surface area contributed by atoms with Crippen molar-refractivity contribution in [1.82, 2.24) is 9.21 Å². The Morgan fingerprint density at radius 1 is 1.24 bits per heavy atom. The number of rotatable bonds is 7. The van der Waals surface area contributed by atoms with E-state index in [1.165, 1.54) is 4.31 Å². The topological polar surface area (TPSA) is 49.9 Å². The molecule has 0 saturated carbocycles. The van der Waals surface area contributed by atoms with Gasteiger partial charge in [0, 0.05) is 32.3 Å². The molecule has 3 atom stereocenters. The van der Waals surface area contributed by atoms with Crippen LogP contribution in [0.25, 0.3) is 0 Å². The summed E-state index contributed by atoms with van der Waals surface area (Å²) < 4.78 is 70.8. The fraction of sp³-hybridized carbons (Fsp3) is 1.00. The zero-order valence-electron chi connectivity index (χ0n) is 15.0. The summed E-state index contributed by atoms with van der Waals surface area (Å²) in [6, 6.07) is 0.377. The zero-order valence-corrected chi connectivity index (χ0v) is 15.8. The molecule has 148 valence electrons. The molecule has 0 aliphatic carbocycles. The Morgan fingerprint density at radius 3 is 2.52 bits per heavy atom. The second kappa shape index (κ2) is 8.54. The molecule has 9 heteroatoms. The number of fused-ring (bicyclic) bond motifs is 1. The number of nitrogens with zero attached hydrogens (tertiary/aromatic N) is 2. The Balaban J connectivity index is 2.11. The van der Waals surface area contributed by atoms with Crippen molar-refractivity contribution in [3.05, 3.63) is 0 Å². The van der Waals surface area contributed by atoms with Gasteiger partial charge in [0.25, 0.3) is 0 Å². The van der Waals surface area contributed by atoms with E-state index in [1.807, 2.05) is 0 Å². The lowest BCUT2D eigenvalue weighted by molar-refractivity contribution is -0.135. The predicted octanol–water partition coefficient (Wildman–Crippen LogP) is 2.62. The van der Waals surface area contributed by atoms with Crippen LogP contribution in [-0.4, -0.2) is 74.5 Å². The van der Waals surface area contributed by atoms with Gasteiger partial charge in [-0.15, -0.1) is 0 Å². The fourth-order valence-electron chi connectivity index (χ4n) is 3.93. The molecule has 1 unspecified atom stereocenters. The van der Waals surface area contributed by atoms with Crippen LogP contribution in [0.15, 0.2) is 0 Å². The molecule has 0 spiro atoms. The first-order chi connectivity index (χ1) is 11.7. The first-order valence-electron chi connectivity index (χ1n) is 8.99. The molecule has 0 radical (unpaired) electrons. The van der Waals surface area contributed by atoms with E-state index in [0.29, 0.717) is 38.6 Å². The Morgan fingerprint density at radius 2 is 1.92 bits per heavy atom. The highest BCUT2D eigenvalue weighted by atomic mass is 32.2. The predicted molar refractivity (Wildman–Crippen MR) is 89.9 cm³/mol. The van der Waals surface area contributed by atoms with Gasteiger partial charge in [0.1, 0.15) is 0 Å². The van der Waals surface area contributed by atoms with E-state index in [9.17, 15) is 21.6 Å². The largest absolute Gasteiger partial charge is 0.390 e. The summed E-state index contributed by atoms with van der Waals surface area (Å²) in [5.41, 5.74) is 0. The highest BCUT2D eigenvalue weighted by molar-refractivity contribution is 7.89. The standard InChI is InChI=1S/C16H29F3N2O3S/c1-3-6-15(10-16(17,18)19)25(22,23)20-7-4-5-8-21-13(11-20)9-14(21)12-24-2/h13-15H,3-12H2,1-2H3/t13-,14+,15?/m1/s1.